The highest BCUT2D eigenvalue weighted by Gasteiger charge is 2.26. The van der Waals surface area contributed by atoms with Crippen LogP contribution in [0.1, 0.15) is 37.8 Å². The number of hydrogen-bond donors (Lipinski definition) is 2. The number of urea groups is 1. The largest absolute Gasteiger partial charge is 0.396 e. The molecule has 1 fully saturated rings. The van der Waals surface area contributed by atoms with Gasteiger partial charge in [-0.3, -0.25) is 0 Å². The summed E-state index contributed by atoms with van der Waals surface area (Å²) in [7, 11) is 2.08. The lowest BCUT2D eigenvalue weighted by Crippen LogP contribution is -2.49. The van der Waals surface area contributed by atoms with Gasteiger partial charge in [0.15, 0.2) is 0 Å². The number of carbonyl (C=O) groups excluding carboxylic acids is 1. The van der Waals surface area contributed by atoms with Crippen LogP contribution in [0.2, 0.25) is 10.0 Å². The van der Waals surface area contributed by atoms with Crippen molar-refractivity contribution in [2.24, 2.45) is 0 Å². The predicted molar refractivity (Wildman–Crippen MR) is 102 cm³/mol. The molecule has 0 saturated carbocycles. The number of benzene rings is 1. The lowest BCUT2D eigenvalue weighted by Gasteiger charge is -2.37. The second-order valence-electron chi connectivity index (χ2n) is 6.61. The van der Waals surface area contributed by atoms with Crippen molar-refractivity contribution in [1.29, 1.82) is 0 Å². The zero-order chi connectivity index (χ0) is 18.4. The molecule has 0 unspecified atom stereocenters. The van der Waals surface area contributed by atoms with E-state index in [1.807, 2.05) is 17.9 Å². The number of halogens is 2. The Morgan fingerprint density at radius 1 is 1.40 bits per heavy atom. The van der Waals surface area contributed by atoms with Crippen LogP contribution in [-0.4, -0.2) is 60.3 Å². The topological polar surface area (TPSA) is 55.8 Å². The smallest absolute Gasteiger partial charge is 0.317 e. The van der Waals surface area contributed by atoms with E-state index in [0.717, 1.165) is 44.5 Å². The van der Waals surface area contributed by atoms with Crippen molar-refractivity contribution in [3.05, 3.63) is 33.8 Å². The molecule has 5 nitrogen and oxygen atoms in total. The highest BCUT2D eigenvalue weighted by Crippen LogP contribution is 2.26. The van der Waals surface area contributed by atoms with E-state index in [2.05, 4.69) is 17.3 Å². The summed E-state index contributed by atoms with van der Waals surface area (Å²) in [6.07, 6.45) is 2.69. The van der Waals surface area contributed by atoms with Gasteiger partial charge in [0, 0.05) is 42.3 Å². The van der Waals surface area contributed by atoms with E-state index in [-0.39, 0.29) is 18.7 Å². The lowest BCUT2D eigenvalue weighted by atomic mass is 10.0. The number of aliphatic hydroxyl groups excluding tert-OH is 1. The van der Waals surface area contributed by atoms with E-state index in [0.29, 0.717) is 16.1 Å². The maximum Gasteiger partial charge on any atom is 0.317 e. The van der Waals surface area contributed by atoms with E-state index in [4.69, 9.17) is 28.3 Å². The van der Waals surface area contributed by atoms with Gasteiger partial charge < -0.3 is 20.2 Å². The van der Waals surface area contributed by atoms with Gasteiger partial charge in [0.1, 0.15) is 0 Å². The first-order chi connectivity index (χ1) is 11.9. The van der Waals surface area contributed by atoms with Crippen molar-refractivity contribution < 1.29 is 9.90 Å². The molecule has 2 amide bonds. The van der Waals surface area contributed by atoms with Gasteiger partial charge in [0.2, 0.25) is 0 Å². The van der Waals surface area contributed by atoms with Crippen LogP contribution in [0.4, 0.5) is 4.79 Å². The number of nitrogens with zero attached hydrogens (tertiary/aromatic N) is 2. The Labute approximate surface area is 159 Å². The summed E-state index contributed by atoms with van der Waals surface area (Å²) < 4.78 is 0. The molecular formula is C18H27Cl2N3O2. The summed E-state index contributed by atoms with van der Waals surface area (Å²) in [4.78, 5) is 16.6. The Hall–Kier alpha value is -1.01. The van der Waals surface area contributed by atoms with Gasteiger partial charge in [-0.15, -0.1) is 0 Å². The van der Waals surface area contributed by atoms with Gasteiger partial charge in [-0.05, 0) is 50.9 Å². The van der Waals surface area contributed by atoms with Crippen molar-refractivity contribution in [2.45, 2.75) is 38.3 Å². The van der Waals surface area contributed by atoms with Gasteiger partial charge in [0.05, 0.1) is 6.04 Å². The standard InChI is InChI=1S/C18H27Cl2N3O2/c1-13(16-5-4-14(19)12-17(16)20)21-18(25)23-9-6-15(7-10-23)22(2)8-3-11-24/h4-5,12-13,15,24H,3,6-11H2,1-2H3,(H,21,25)/t13-/m0/s1. The molecule has 0 spiro atoms. The Morgan fingerprint density at radius 2 is 2.08 bits per heavy atom. The van der Waals surface area contributed by atoms with Crippen molar-refractivity contribution in [3.8, 4) is 0 Å². The highest BCUT2D eigenvalue weighted by atomic mass is 35.5. The third kappa shape index (κ3) is 5.74. The fourth-order valence-electron chi connectivity index (χ4n) is 3.22. The van der Waals surface area contributed by atoms with Crippen LogP contribution in [0.5, 0.6) is 0 Å². The van der Waals surface area contributed by atoms with Crippen molar-refractivity contribution in [3.63, 3.8) is 0 Å². The fraction of sp³-hybridized carbons (Fsp3) is 0.611. The molecule has 2 N–H and O–H groups in total. The molecule has 1 aromatic rings. The Kier molecular flexibility index (Phi) is 7.81. The van der Waals surface area contributed by atoms with Crippen molar-refractivity contribution >= 4 is 29.2 Å². The molecule has 2 rings (SSSR count). The number of hydrogen-bond acceptors (Lipinski definition) is 3. The molecule has 1 atom stereocenters. The van der Waals surface area contributed by atoms with Gasteiger partial charge >= 0.3 is 6.03 Å². The minimum atomic E-state index is -0.179. The van der Waals surface area contributed by atoms with Gasteiger partial charge in [-0.25, -0.2) is 4.79 Å². The van der Waals surface area contributed by atoms with Crippen molar-refractivity contribution in [1.82, 2.24) is 15.1 Å². The molecule has 1 aliphatic rings. The summed E-state index contributed by atoms with van der Waals surface area (Å²) in [6, 6.07) is 5.54. The number of likely N-dealkylation sites (tertiary alicyclic amines) is 1. The average Bonchev–Trinajstić information content (AvgIpc) is 2.59. The van der Waals surface area contributed by atoms with Crippen LogP contribution in [0, 0.1) is 0 Å². The quantitative estimate of drug-likeness (QED) is 0.784. The van der Waals surface area contributed by atoms with Crippen molar-refractivity contribution in [2.75, 3.05) is 33.3 Å². The van der Waals surface area contributed by atoms with Crippen LogP contribution in [0.25, 0.3) is 0 Å². The Bertz CT molecular complexity index is 577. The molecule has 1 heterocycles. The first-order valence-corrected chi connectivity index (χ1v) is 9.49. The zero-order valence-electron chi connectivity index (χ0n) is 14.8. The summed E-state index contributed by atoms with van der Waals surface area (Å²) >= 11 is 12.1. The van der Waals surface area contributed by atoms with Crippen LogP contribution in [0.3, 0.4) is 0 Å². The number of nitrogens with one attached hydrogen (secondary N) is 1. The predicted octanol–water partition coefficient (Wildman–Crippen LogP) is 3.54. The number of carbonyl (C=O) groups is 1. The number of rotatable bonds is 6. The number of aliphatic hydroxyl groups is 1. The summed E-state index contributed by atoms with van der Waals surface area (Å²) in [5.41, 5.74) is 0.859. The lowest BCUT2D eigenvalue weighted by molar-refractivity contribution is 0.127. The SMILES string of the molecule is C[C@H](NC(=O)N1CCC(N(C)CCCO)CC1)c1ccc(Cl)cc1Cl. The van der Waals surface area contributed by atoms with Gasteiger partial charge in [-0.1, -0.05) is 29.3 Å². The zero-order valence-corrected chi connectivity index (χ0v) is 16.4. The van der Waals surface area contributed by atoms with Gasteiger partial charge in [0.25, 0.3) is 0 Å². The molecule has 0 aromatic heterocycles. The Balaban J connectivity index is 1.84. The van der Waals surface area contributed by atoms with E-state index in [1.165, 1.54) is 0 Å². The molecule has 0 aliphatic carbocycles. The monoisotopic (exact) mass is 387 g/mol. The van der Waals surface area contributed by atoms with Crippen LogP contribution >= 0.6 is 23.2 Å². The maximum absolute atomic E-state index is 12.5. The summed E-state index contributed by atoms with van der Waals surface area (Å²) in [5.74, 6) is 0. The first-order valence-electron chi connectivity index (χ1n) is 8.74. The highest BCUT2D eigenvalue weighted by molar-refractivity contribution is 6.35. The summed E-state index contributed by atoms with van der Waals surface area (Å²) in [6.45, 7) is 4.50. The fourth-order valence-corrected chi connectivity index (χ4v) is 3.79. The average molecular weight is 388 g/mol. The second-order valence-corrected chi connectivity index (χ2v) is 7.46. The van der Waals surface area contributed by atoms with E-state index < -0.39 is 0 Å². The molecule has 25 heavy (non-hydrogen) atoms. The number of piperidine rings is 1. The van der Waals surface area contributed by atoms with E-state index in [9.17, 15) is 4.79 Å². The normalized spacial score (nSPS) is 17.0. The van der Waals surface area contributed by atoms with Crippen LogP contribution in [-0.2, 0) is 0 Å². The Morgan fingerprint density at radius 3 is 2.68 bits per heavy atom. The maximum atomic E-state index is 12.5. The van der Waals surface area contributed by atoms with Crippen LogP contribution in [0.15, 0.2) is 18.2 Å². The molecule has 7 heteroatoms. The third-order valence-electron chi connectivity index (χ3n) is 4.81. The minimum absolute atomic E-state index is 0.0602. The molecule has 1 aromatic carbocycles. The third-order valence-corrected chi connectivity index (χ3v) is 5.38. The minimum Gasteiger partial charge on any atom is -0.396 e. The molecule has 0 radical (unpaired) electrons. The van der Waals surface area contributed by atoms with E-state index >= 15 is 0 Å². The molecule has 1 aliphatic heterocycles. The molecular weight excluding hydrogens is 361 g/mol. The van der Waals surface area contributed by atoms with E-state index in [1.54, 1.807) is 12.1 Å². The second kappa shape index (κ2) is 9.62. The number of amides is 2. The molecule has 140 valence electrons. The van der Waals surface area contributed by atoms with Gasteiger partial charge in [-0.2, -0.15) is 0 Å². The van der Waals surface area contributed by atoms with Crippen LogP contribution < -0.4 is 5.32 Å². The molecule has 1 saturated heterocycles. The first kappa shape index (κ1) is 20.3. The molecule has 0 bridgehead atoms. The summed E-state index contributed by atoms with van der Waals surface area (Å²) in [5, 5.41) is 13.1.